The molecule has 1 heterocycles. The molecule has 0 bridgehead atoms. The van der Waals surface area contributed by atoms with Crippen molar-refractivity contribution < 1.29 is 13.9 Å². The summed E-state index contributed by atoms with van der Waals surface area (Å²) in [4.78, 5) is 26.4. The minimum atomic E-state index is -0.762. The van der Waals surface area contributed by atoms with E-state index < -0.39 is 17.8 Å². The minimum Gasteiger partial charge on any atom is -0.478 e. The fraction of sp³-hybridized carbons (Fsp3) is 0.0769. The number of halogens is 4. The van der Waals surface area contributed by atoms with Gasteiger partial charge in [-0.05, 0) is 59.7 Å². The number of hydrogen-bond donors (Lipinski definition) is 2. The van der Waals surface area contributed by atoms with Gasteiger partial charge in [0, 0.05) is 45.0 Å². The van der Waals surface area contributed by atoms with Crippen LogP contribution in [0.2, 0.25) is 15.1 Å². The standard InChI is InChI=1S/C26H18Cl3FN2O3/c27-18-4-1-16(2-5-18)25(20-7-6-19(28)13-21(20)29)35-23-8-3-17(12-22(23)30)26(34)32-14-15-9-10-31-24(33)11-15/h1-13,25H,14H2,(H,31,33)(H,32,34). The molecule has 0 saturated heterocycles. The summed E-state index contributed by atoms with van der Waals surface area (Å²) < 4.78 is 21.1. The Labute approximate surface area is 215 Å². The smallest absolute Gasteiger partial charge is 0.251 e. The largest absolute Gasteiger partial charge is 0.478 e. The molecule has 0 radical (unpaired) electrons. The molecule has 1 amide bonds. The number of aromatic nitrogens is 1. The van der Waals surface area contributed by atoms with Gasteiger partial charge in [-0.15, -0.1) is 0 Å². The van der Waals surface area contributed by atoms with Crippen LogP contribution in [0.5, 0.6) is 5.75 Å². The summed E-state index contributed by atoms with van der Waals surface area (Å²) in [6.45, 7) is 0.121. The second-order valence-electron chi connectivity index (χ2n) is 7.60. The Kier molecular flexibility index (Phi) is 7.76. The Morgan fingerprint density at radius 3 is 2.37 bits per heavy atom. The van der Waals surface area contributed by atoms with E-state index in [1.54, 1.807) is 48.5 Å². The number of nitrogens with one attached hydrogen (secondary N) is 2. The predicted octanol–water partition coefficient (Wildman–Crippen LogP) is 6.57. The molecule has 1 atom stereocenters. The second kappa shape index (κ2) is 11.0. The van der Waals surface area contributed by atoms with Crippen LogP contribution in [0, 0.1) is 5.82 Å². The van der Waals surface area contributed by atoms with Crippen LogP contribution in [0.25, 0.3) is 0 Å². The molecule has 4 aromatic rings. The lowest BCUT2D eigenvalue weighted by Crippen LogP contribution is -2.23. The van der Waals surface area contributed by atoms with Crippen molar-refractivity contribution in [1.29, 1.82) is 0 Å². The van der Waals surface area contributed by atoms with Crippen LogP contribution in [0.1, 0.15) is 33.2 Å². The maximum absolute atomic E-state index is 15.0. The van der Waals surface area contributed by atoms with Crippen LogP contribution < -0.4 is 15.6 Å². The highest BCUT2D eigenvalue weighted by molar-refractivity contribution is 6.35. The van der Waals surface area contributed by atoms with Gasteiger partial charge in [0.05, 0.1) is 0 Å². The molecule has 35 heavy (non-hydrogen) atoms. The van der Waals surface area contributed by atoms with Gasteiger partial charge in [0.1, 0.15) is 0 Å². The van der Waals surface area contributed by atoms with E-state index in [2.05, 4.69) is 10.3 Å². The Balaban J connectivity index is 1.57. The summed E-state index contributed by atoms with van der Waals surface area (Å²) in [5, 5.41) is 4.01. The molecule has 2 N–H and O–H groups in total. The highest BCUT2D eigenvalue weighted by Crippen LogP contribution is 2.35. The maximum Gasteiger partial charge on any atom is 0.251 e. The molecule has 5 nitrogen and oxygen atoms in total. The number of rotatable bonds is 7. The molecule has 0 spiro atoms. The molecule has 9 heteroatoms. The van der Waals surface area contributed by atoms with E-state index in [4.69, 9.17) is 39.5 Å². The quantitative estimate of drug-likeness (QED) is 0.283. The molecule has 1 unspecified atom stereocenters. The lowest BCUT2D eigenvalue weighted by atomic mass is 10.0. The maximum atomic E-state index is 15.0. The average molecular weight is 532 g/mol. The molecular weight excluding hydrogens is 514 g/mol. The van der Waals surface area contributed by atoms with Crippen LogP contribution in [0.15, 0.2) is 83.8 Å². The van der Waals surface area contributed by atoms with Crippen LogP contribution in [0.4, 0.5) is 4.39 Å². The third kappa shape index (κ3) is 6.22. The SMILES string of the molecule is O=C(NCc1cc[nH]c(=O)c1)c1ccc(OC(c2ccc(Cl)cc2)c2ccc(Cl)cc2Cl)c(F)c1. The van der Waals surface area contributed by atoms with Crippen LogP contribution in [0.3, 0.4) is 0 Å². The summed E-state index contributed by atoms with van der Waals surface area (Å²) >= 11 is 18.5. The van der Waals surface area contributed by atoms with Crippen LogP contribution in [-0.2, 0) is 6.54 Å². The van der Waals surface area contributed by atoms with Crippen molar-refractivity contribution >= 4 is 40.7 Å². The van der Waals surface area contributed by atoms with Crippen molar-refractivity contribution in [2.24, 2.45) is 0 Å². The molecule has 0 fully saturated rings. The monoisotopic (exact) mass is 530 g/mol. The summed E-state index contributed by atoms with van der Waals surface area (Å²) in [5.41, 5.74) is 1.72. The number of H-pyrrole nitrogens is 1. The van der Waals surface area contributed by atoms with E-state index in [-0.39, 0.29) is 23.4 Å². The average Bonchev–Trinajstić information content (AvgIpc) is 2.83. The first-order valence-electron chi connectivity index (χ1n) is 10.4. The van der Waals surface area contributed by atoms with Gasteiger partial charge in [0.2, 0.25) is 5.56 Å². The van der Waals surface area contributed by atoms with Crippen molar-refractivity contribution in [3.63, 3.8) is 0 Å². The molecule has 0 aliphatic rings. The number of benzene rings is 3. The fourth-order valence-corrected chi connectivity index (χ4v) is 4.04. The number of carbonyl (C=O) groups is 1. The van der Waals surface area contributed by atoms with Gasteiger partial charge in [-0.1, -0.05) is 53.0 Å². The zero-order chi connectivity index (χ0) is 24.9. The molecule has 178 valence electrons. The molecule has 3 aromatic carbocycles. The van der Waals surface area contributed by atoms with E-state index in [1.165, 1.54) is 24.4 Å². The highest BCUT2D eigenvalue weighted by Gasteiger charge is 2.22. The van der Waals surface area contributed by atoms with Crippen LogP contribution >= 0.6 is 34.8 Å². The number of amides is 1. The van der Waals surface area contributed by atoms with Gasteiger partial charge in [-0.25, -0.2) is 4.39 Å². The second-order valence-corrected chi connectivity index (χ2v) is 8.88. The summed E-state index contributed by atoms with van der Waals surface area (Å²) in [7, 11) is 0. The summed E-state index contributed by atoms with van der Waals surface area (Å²) in [5.74, 6) is -1.29. The lowest BCUT2D eigenvalue weighted by Gasteiger charge is -2.22. The third-order valence-corrected chi connectivity index (χ3v) is 5.96. The molecule has 0 aliphatic carbocycles. The Morgan fingerprint density at radius 2 is 1.69 bits per heavy atom. The molecule has 0 aliphatic heterocycles. The van der Waals surface area contributed by atoms with E-state index in [9.17, 15) is 9.59 Å². The number of pyridine rings is 1. The molecule has 4 rings (SSSR count). The van der Waals surface area contributed by atoms with Crippen molar-refractivity contribution in [2.75, 3.05) is 0 Å². The first-order chi connectivity index (χ1) is 16.8. The van der Waals surface area contributed by atoms with Crippen molar-refractivity contribution in [3.05, 3.63) is 132 Å². The Bertz CT molecular complexity index is 1420. The number of ether oxygens (including phenoxy) is 1. The van der Waals surface area contributed by atoms with Crippen molar-refractivity contribution in [3.8, 4) is 5.75 Å². The van der Waals surface area contributed by atoms with Gasteiger partial charge in [-0.3, -0.25) is 9.59 Å². The Hall–Kier alpha value is -3.32. The molecular formula is C26H18Cl3FN2O3. The number of carbonyl (C=O) groups excluding carboxylic acids is 1. The van der Waals surface area contributed by atoms with Gasteiger partial charge >= 0.3 is 0 Å². The highest BCUT2D eigenvalue weighted by atomic mass is 35.5. The van der Waals surface area contributed by atoms with E-state index in [0.29, 0.717) is 31.8 Å². The van der Waals surface area contributed by atoms with Gasteiger partial charge in [0.25, 0.3) is 5.91 Å². The van der Waals surface area contributed by atoms with Crippen molar-refractivity contribution in [2.45, 2.75) is 12.6 Å². The van der Waals surface area contributed by atoms with Crippen molar-refractivity contribution in [1.82, 2.24) is 10.3 Å². The van der Waals surface area contributed by atoms with Crippen LogP contribution in [-0.4, -0.2) is 10.9 Å². The van der Waals surface area contributed by atoms with E-state index in [0.717, 1.165) is 6.07 Å². The molecule has 0 saturated carbocycles. The summed E-state index contributed by atoms with van der Waals surface area (Å²) in [6.07, 6.45) is 0.724. The lowest BCUT2D eigenvalue weighted by molar-refractivity contribution is 0.0950. The minimum absolute atomic E-state index is 0.0675. The topological polar surface area (TPSA) is 71.2 Å². The third-order valence-electron chi connectivity index (χ3n) is 5.15. The number of hydrogen-bond acceptors (Lipinski definition) is 3. The zero-order valence-corrected chi connectivity index (χ0v) is 20.3. The fourth-order valence-electron chi connectivity index (χ4n) is 3.41. The first kappa shape index (κ1) is 24.8. The van der Waals surface area contributed by atoms with Gasteiger partial charge < -0.3 is 15.0 Å². The van der Waals surface area contributed by atoms with Gasteiger partial charge in [0.15, 0.2) is 17.7 Å². The zero-order valence-electron chi connectivity index (χ0n) is 18.0. The van der Waals surface area contributed by atoms with Gasteiger partial charge in [-0.2, -0.15) is 0 Å². The normalized spacial score (nSPS) is 11.7. The summed E-state index contributed by atoms with van der Waals surface area (Å²) in [6, 6.07) is 18.8. The first-order valence-corrected chi connectivity index (χ1v) is 11.6. The predicted molar refractivity (Wildman–Crippen MR) is 135 cm³/mol. The van der Waals surface area contributed by atoms with E-state index >= 15 is 4.39 Å². The molecule has 1 aromatic heterocycles. The number of aromatic amines is 1. The Morgan fingerprint density at radius 1 is 0.943 bits per heavy atom. The van der Waals surface area contributed by atoms with E-state index in [1.807, 2.05) is 0 Å².